The van der Waals surface area contributed by atoms with Crippen molar-refractivity contribution in [2.75, 3.05) is 0 Å². The number of Topliss-reactive ketones (excluding diaryl/α,β-unsaturated/α-hetero) is 1. The lowest BCUT2D eigenvalue weighted by Gasteiger charge is -2.22. The molecular formula is C23H26FNO3. The number of fused-ring (bicyclic) bond motifs is 1. The van der Waals surface area contributed by atoms with E-state index in [2.05, 4.69) is 4.98 Å². The van der Waals surface area contributed by atoms with Crippen LogP contribution in [0.25, 0.3) is 0 Å². The van der Waals surface area contributed by atoms with Gasteiger partial charge in [-0.3, -0.25) is 4.79 Å². The molecule has 2 aliphatic rings. The van der Waals surface area contributed by atoms with Crippen LogP contribution in [-0.4, -0.2) is 22.8 Å². The van der Waals surface area contributed by atoms with E-state index in [1.54, 1.807) is 12.1 Å². The maximum atomic E-state index is 13.2. The molecule has 0 saturated heterocycles. The fourth-order valence-electron chi connectivity index (χ4n) is 4.58. The van der Waals surface area contributed by atoms with E-state index in [9.17, 15) is 14.0 Å². The van der Waals surface area contributed by atoms with Gasteiger partial charge in [-0.05, 0) is 68.2 Å². The van der Waals surface area contributed by atoms with Crippen molar-refractivity contribution in [1.82, 2.24) is 4.98 Å². The first-order chi connectivity index (χ1) is 13.5. The highest BCUT2D eigenvalue weighted by Gasteiger charge is 2.32. The minimum atomic E-state index is -0.357. The van der Waals surface area contributed by atoms with Crippen molar-refractivity contribution >= 4 is 11.8 Å². The van der Waals surface area contributed by atoms with Crippen LogP contribution in [0.4, 0.5) is 4.39 Å². The molecule has 28 heavy (non-hydrogen) atoms. The smallest absolute Gasteiger partial charge is 0.355 e. The fraction of sp³-hybridized carbons (Fsp3) is 0.478. The monoisotopic (exact) mass is 383 g/mol. The molecule has 0 radical (unpaired) electrons. The molecule has 1 atom stereocenters. The molecule has 2 aliphatic carbocycles. The van der Waals surface area contributed by atoms with Crippen molar-refractivity contribution < 1.29 is 18.7 Å². The van der Waals surface area contributed by atoms with Gasteiger partial charge in [0.15, 0.2) is 5.78 Å². The van der Waals surface area contributed by atoms with Crippen LogP contribution < -0.4 is 0 Å². The molecule has 1 heterocycles. The second-order valence-corrected chi connectivity index (χ2v) is 8.08. The maximum Gasteiger partial charge on any atom is 0.355 e. The van der Waals surface area contributed by atoms with Crippen LogP contribution in [0.1, 0.15) is 88.5 Å². The van der Waals surface area contributed by atoms with Crippen molar-refractivity contribution in [3.63, 3.8) is 0 Å². The van der Waals surface area contributed by atoms with Gasteiger partial charge in [-0.1, -0.05) is 25.0 Å². The van der Waals surface area contributed by atoms with Gasteiger partial charge in [0.25, 0.3) is 0 Å². The molecule has 0 spiro atoms. The van der Waals surface area contributed by atoms with Crippen molar-refractivity contribution in [2.45, 2.75) is 70.3 Å². The first kappa shape index (κ1) is 18.9. The SMILES string of the molecule is Cc1c(C(=O)OC2CCCCCC2)[nH]c2c1C(=O)CC(c1ccc(F)cc1)C2. The number of nitrogens with one attached hydrogen (secondary N) is 1. The number of ether oxygens (including phenoxy) is 1. The van der Waals surface area contributed by atoms with Crippen molar-refractivity contribution in [2.24, 2.45) is 0 Å². The predicted molar refractivity (Wildman–Crippen MR) is 104 cm³/mol. The quantitative estimate of drug-likeness (QED) is 0.581. The number of esters is 1. The minimum Gasteiger partial charge on any atom is -0.458 e. The fourth-order valence-corrected chi connectivity index (χ4v) is 4.58. The van der Waals surface area contributed by atoms with Gasteiger partial charge in [0, 0.05) is 17.7 Å². The van der Waals surface area contributed by atoms with E-state index in [4.69, 9.17) is 4.74 Å². The largest absolute Gasteiger partial charge is 0.458 e. The average molecular weight is 383 g/mol. The van der Waals surface area contributed by atoms with Crippen LogP contribution in [0.5, 0.6) is 0 Å². The summed E-state index contributed by atoms with van der Waals surface area (Å²) in [6, 6.07) is 6.31. The number of halogens is 1. The average Bonchev–Trinajstić information content (AvgIpc) is 2.84. The number of H-pyrrole nitrogens is 1. The van der Waals surface area contributed by atoms with E-state index in [0.717, 1.165) is 36.9 Å². The highest BCUT2D eigenvalue weighted by Crippen LogP contribution is 2.35. The third-order valence-electron chi connectivity index (χ3n) is 6.11. The van der Waals surface area contributed by atoms with E-state index in [1.807, 2.05) is 6.92 Å². The predicted octanol–water partition coefficient (Wildman–Crippen LogP) is 5.25. The molecule has 5 heteroatoms. The van der Waals surface area contributed by atoms with Gasteiger partial charge in [-0.15, -0.1) is 0 Å². The number of aromatic nitrogens is 1. The molecule has 1 N–H and O–H groups in total. The Morgan fingerprint density at radius 2 is 1.75 bits per heavy atom. The Kier molecular flexibility index (Phi) is 5.33. The summed E-state index contributed by atoms with van der Waals surface area (Å²) in [6.07, 6.45) is 7.38. The molecule has 148 valence electrons. The summed E-state index contributed by atoms with van der Waals surface area (Å²) in [6.45, 7) is 1.81. The van der Waals surface area contributed by atoms with Gasteiger partial charge < -0.3 is 9.72 Å². The van der Waals surface area contributed by atoms with Crippen LogP contribution >= 0.6 is 0 Å². The lowest BCUT2D eigenvalue weighted by Crippen LogP contribution is -2.18. The summed E-state index contributed by atoms with van der Waals surface area (Å²) in [5.41, 5.74) is 3.45. The molecule has 1 fully saturated rings. The number of rotatable bonds is 3. The van der Waals surface area contributed by atoms with E-state index >= 15 is 0 Å². The summed E-state index contributed by atoms with van der Waals surface area (Å²) in [5.74, 6) is -0.627. The zero-order valence-corrected chi connectivity index (χ0v) is 16.2. The van der Waals surface area contributed by atoms with E-state index in [-0.39, 0.29) is 29.6 Å². The standard InChI is InChI=1S/C23H26FNO3/c1-14-21-19(12-16(13-20(21)26)15-8-10-17(24)11-9-15)25-22(14)23(27)28-18-6-4-2-3-5-7-18/h8-11,16,18,25H,2-7,12-13H2,1H3. The number of hydrogen-bond donors (Lipinski definition) is 1. The Morgan fingerprint density at radius 1 is 1.07 bits per heavy atom. The molecule has 4 rings (SSSR count). The molecule has 0 amide bonds. The Balaban J connectivity index is 1.54. The summed E-state index contributed by atoms with van der Waals surface area (Å²) < 4.78 is 19.0. The highest BCUT2D eigenvalue weighted by atomic mass is 19.1. The van der Waals surface area contributed by atoms with Crippen LogP contribution in [0.15, 0.2) is 24.3 Å². The lowest BCUT2D eigenvalue weighted by molar-refractivity contribution is 0.0260. The number of hydrogen-bond acceptors (Lipinski definition) is 3. The molecule has 1 unspecified atom stereocenters. The Hall–Kier alpha value is -2.43. The number of benzene rings is 1. The topological polar surface area (TPSA) is 59.2 Å². The summed E-state index contributed by atoms with van der Waals surface area (Å²) in [7, 11) is 0. The van der Waals surface area contributed by atoms with Gasteiger partial charge in [0.2, 0.25) is 0 Å². The number of ketones is 1. The molecule has 1 aromatic carbocycles. The van der Waals surface area contributed by atoms with Crippen LogP contribution in [0.3, 0.4) is 0 Å². The van der Waals surface area contributed by atoms with Gasteiger partial charge in [0.1, 0.15) is 17.6 Å². The second-order valence-electron chi connectivity index (χ2n) is 8.08. The number of carbonyl (C=O) groups excluding carboxylic acids is 2. The van der Waals surface area contributed by atoms with Gasteiger partial charge in [-0.2, -0.15) is 0 Å². The summed E-state index contributed by atoms with van der Waals surface area (Å²) in [5, 5.41) is 0. The third-order valence-corrected chi connectivity index (χ3v) is 6.11. The van der Waals surface area contributed by atoms with Gasteiger partial charge in [0.05, 0.1) is 0 Å². The Morgan fingerprint density at radius 3 is 2.43 bits per heavy atom. The van der Waals surface area contributed by atoms with Crippen LogP contribution in [0, 0.1) is 12.7 Å². The minimum absolute atomic E-state index is 0.00984. The molecule has 2 aromatic rings. The van der Waals surface area contributed by atoms with E-state index in [1.165, 1.54) is 25.0 Å². The van der Waals surface area contributed by atoms with Crippen LogP contribution in [-0.2, 0) is 11.2 Å². The molecule has 0 bridgehead atoms. The molecular weight excluding hydrogens is 357 g/mol. The number of carbonyl (C=O) groups is 2. The Labute approximate surface area is 164 Å². The van der Waals surface area contributed by atoms with Crippen LogP contribution in [0.2, 0.25) is 0 Å². The Bertz CT molecular complexity index is 876. The zero-order valence-electron chi connectivity index (χ0n) is 16.2. The van der Waals surface area contributed by atoms with Gasteiger partial charge >= 0.3 is 5.97 Å². The number of aromatic amines is 1. The normalized spacial score (nSPS) is 20.5. The third kappa shape index (κ3) is 3.75. The van der Waals surface area contributed by atoms with Crippen molar-refractivity contribution in [1.29, 1.82) is 0 Å². The molecule has 1 saturated carbocycles. The maximum absolute atomic E-state index is 13.2. The zero-order chi connectivity index (χ0) is 19.7. The summed E-state index contributed by atoms with van der Waals surface area (Å²) >= 11 is 0. The van der Waals surface area contributed by atoms with Gasteiger partial charge in [-0.25, -0.2) is 9.18 Å². The second kappa shape index (κ2) is 7.90. The van der Waals surface area contributed by atoms with E-state index in [0.29, 0.717) is 29.7 Å². The van der Waals surface area contributed by atoms with E-state index < -0.39 is 0 Å². The summed E-state index contributed by atoms with van der Waals surface area (Å²) in [4.78, 5) is 28.7. The highest BCUT2D eigenvalue weighted by molar-refractivity contribution is 6.03. The van der Waals surface area contributed by atoms with Crippen molar-refractivity contribution in [3.8, 4) is 0 Å². The first-order valence-corrected chi connectivity index (χ1v) is 10.2. The molecule has 1 aromatic heterocycles. The van der Waals surface area contributed by atoms with Crippen molar-refractivity contribution in [3.05, 3.63) is 58.2 Å². The first-order valence-electron chi connectivity index (χ1n) is 10.2. The molecule has 0 aliphatic heterocycles. The molecule has 4 nitrogen and oxygen atoms in total. The lowest BCUT2D eigenvalue weighted by atomic mass is 9.81.